The normalized spacial score (nSPS) is 28.2. The number of allylic oxidation sites excluding steroid dienone is 1. The minimum atomic E-state index is -1.08. The van der Waals surface area contributed by atoms with Gasteiger partial charge in [-0.15, -0.1) is 0 Å². The number of esters is 1. The predicted molar refractivity (Wildman–Crippen MR) is 204 cm³/mol. The molecule has 55 heavy (non-hydrogen) atoms. The number of aryl methyl sites for hydroxylation is 2. The van der Waals surface area contributed by atoms with Gasteiger partial charge in [0.25, 0.3) is 0 Å². The summed E-state index contributed by atoms with van der Waals surface area (Å²) in [5.74, 6) is 0.833. The molecule has 2 spiro atoms. The van der Waals surface area contributed by atoms with E-state index in [-0.39, 0.29) is 40.1 Å². The molecule has 9 heterocycles. The van der Waals surface area contributed by atoms with Gasteiger partial charge in [-0.1, -0.05) is 0 Å². The van der Waals surface area contributed by atoms with Crippen molar-refractivity contribution in [2.75, 3.05) is 18.0 Å². The summed E-state index contributed by atoms with van der Waals surface area (Å²) in [7, 11) is 0. The van der Waals surface area contributed by atoms with Crippen LogP contribution in [0.5, 0.6) is 11.5 Å². The van der Waals surface area contributed by atoms with Crippen LogP contribution in [-0.2, 0) is 27.2 Å². The number of carbonyl (C=O) groups is 1. The maximum absolute atomic E-state index is 14.3. The van der Waals surface area contributed by atoms with E-state index in [0.29, 0.717) is 73.1 Å². The predicted octanol–water partition coefficient (Wildman–Crippen LogP) is 5.61. The van der Waals surface area contributed by atoms with Gasteiger partial charge in [0, 0.05) is 47.2 Å². The van der Waals surface area contributed by atoms with E-state index in [1.165, 1.54) is 6.07 Å². The van der Waals surface area contributed by atoms with Crippen LogP contribution in [0.3, 0.4) is 0 Å². The first-order chi connectivity index (χ1) is 26.3. The monoisotopic (exact) mass is 742 g/mol. The Hall–Kier alpha value is -5.69. The number of hydrogen-bond donors (Lipinski definition) is 3. The summed E-state index contributed by atoms with van der Waals surface area (Å²) in [6.45, 7) is 6.84. The number of nitrogens with zero attached hydrogens (tertiary/aromatic N) is 4. The molecule has 2 bridgehead atoms. The molecule has 5 atom stereocenters. The highest BCUT2D eigenvalue weighted by atomic mass is 16.7. The number of nitrogens with two attached hydrogens (primary N) is 2. The van der Waals surface area contributed by atoms with Crippen LogP contribution >= 0.6 is 0 Å². The Morgan fingerprint density at radius 2 is 1.87 bits per heavy atom. The number of fused-ring (bicyclic) bond motifs is 5. The van der Waals surface area contributed by atoms with Gasteiger partial charge in [0.1, 0.15) is 45.5 Å². The number of nitrogen functional groups attached to an aromatic ring is 2. The van der Waals surface area contributed by atoms with Crippen molar-refractivity contribution in [3.8, 4) is 22.8 Å². The largest absolute Gasteiger partial charge is 0.507 e. The summed E-state index contributed by atoms with van der Waals surface area (Å²) in [5, 5.41) is 11.8. The molecule has 11 rings (SSSR count). The van der Waals surface area contributed by atoms with Crippen molar-refractivity contribution >= 4 is 34.3 Å². The van der Waals surface area contributed by atoms with Crippen molar-refractivity contribution in [1.29, 1.82) is 0 Å². The van der Waals surface area contributed by atoms with Crippen LogP contribution in [0.2, 0.25) is 0 Å². The van der Waals surface area contributed by atoms with E-state index in [1.54, 1.807) is 19.1 Å². The molecule has 6 aliphatic heterocycles. The average molecular weight is 743 g/mol. The van der Waals surface area contributed by atoms with E-state index in [1.807, 2.05) is 44.3 Å². The number of aromatic nitrogens is 2. The zero-order valence-corrected chi connectivity index (χ0v) is 30.9. The molecular weight excluding hydrogens is 700 g/mol. The van der Waals surface area contributed by atoms with Crippen LogP contribution in [-0.4, -0.2) is 61.1 Å². The molecule has 1 aromatic carbocycles. The first-order valence-corrected chi connectivity index (χ1v) is 18.9. The lowest BCUT2D eigenvalue weighted by Gasteiger charge is -2.58. The molecule has 3 saturated heterocycles. The van der Waals surface area contributed by atoms with Crippen LogP contribution in [0.15, 0.2) is 74.7 Å². The van der Waals surface area contributed by atoms with Crippen molar-refractivity contribution in [3.05, 3.63) is 93.3 Å². The Labute approximate surface area is 316 Å². The summed E-state index contributed by atoms with van der Waals surface area (Å²) in [5.41, 5.74) is 15.4. The van der Waals surface area contributed by atoms with Gasteiger partial charge in [0.05, 0.1) is 36.3 Å². The topological polar surface area (TPSA) is 192 Å². The molecular formula is C42H42N6O7. The molecule has 1 aliphatic carbocycles. The third kappa shape index (κ3) is 5.26. The molecule has 1 saturated carbocycles. The van der Waals surface area contributed by atoms with E-state index in [0.717, 1.165) is 41.1 Å². The van der Waals surface area contributed by atoms with Crippen molar-refractivity contribution < 1.29 is 28.5 Å². The second kappa shape index (κ2) is 11.7. The van der Waals surface area contributed by atoms with E-state index >= 15 is 0 Å². The van der Waals surface area contributed by atoms with Gasteiger partial charge in [-0.25, -0.2) is 14.8 Å². The van der Waals surface area contributed by atoms with Crippen molar-refractivity contribution in [1.82, 2.24) is 14.9 Å². The molecule has 0 amide bonds. The highest BCUT2D eigenvalue weighted by Gasteiger charge is 2.71. The fraction of sp³-hybridized carbons (Fsp3) is 0.405. The molecule has 13 nitrogen and oxygen atoms in total. The first kappa shape index (κ1) is 33.8. The maximum atomic E-state index is 14.3. The van der Waals surface area contributed by atoms with Crippen molar-refractivity contribution in [3.63, 3.8) is 0 Å². The Morgan fingerprint density at radius 3 is 2.71 bits per heavy atom. The van der Waals surface area contributed by atoms with E-state index in [4.69, 9.17) is 30.1 Å². The van der Waals surface area contributed by atoms with Gasteiger partial charge in [0.2, 0.25) is 0 Å². The summed E-state index contributed by atoms with van der Waals surface area (Å²) >= 11 is 0. The minimum Gasteiger partial charge on any atom is -0.507 e. The quantitative estimate of drug-likeness (QED) is 0.164. The van der Waals surface area contributed by atoms with E-state index < -0.39 is 22.8 Å². The lowest BCUT2D eigenvalue weighted by molar-refractivity contribution is -0.219. The third-order valence-corrected chi connectivity index (χ3v) is 12.6. The zero-order valence-electron chi connectivity index (χ0n) is 30.9. The Kier molecular flexibility index (Phi) is 7.17. The number of pyridine rings is 2. The van der Waals surface area contributed by atoms with Crippen molar-refractivity contribution in [2.24, 2.45) is 10.9 Å². The molecule has 7 aliphatic rings. The van der Waals surface area contributed by atoms with Crippen LogP contribution in [0, 0.1) is 12.8 Å². The molecule has 0 radical (unpaired) electrons. The standard InChI is InChI=1S/C42H42N6O7/c1-21-10-30(49)37-31(52-21)16-32-36(38(37)50)27-11-23-6-8-42(27,40(2,3)53-32)55-39(51)41(17-23)33(54-41)5-4-22-12-28(47-34(43)13-22)25-14-26(46-35(44)15-25)19-48-18-24-7-9-45-29(24)20-48/h7,9-10,12-16,18,23,27,33,50H,4-6,8,11,17,19-20H2,1-3H3,(H2,43,47)(H2,44,46)/t23-,27+,33-,41-,42-/m1/s1. The number of ether oxygens (including phenoxy) is 3. The van der Waals surface area contributed by atoms with E-state index in [9.17, 15) is 14.7 Å². The molecule has 0 unspecified atom stereocenters. The highest BCUT2D eigenvalue weighted by molar-refractivity contribution is 6.07. The number of aliphatic imine (C=N–C) groups is 1. The molecule has 3 aromatic heterocycles. The van der Waals surface area contributed by atoms with Gasteiger partial charge in [-0.3, -0.25) is 9.79 Å². The number of benzene rings is 1. The number of phenols is 1. The van der Waals surface area contributed by atoms with Crippen LogP contribution < -0.4 is 21.6 Å². The number of anilines is 2. The second-order valence-corrected chi connectivity index (χ2v) is 16.5. The smallest absolute Gasteiger partial charge is 0.341 e. The number of epoxide rings is 1. The maximum Gasteiger partial charge on any atom is 0.341 e. The summed E-state index contributed by atoms with van der Waals surface area (Å²) in [4.78, 5) is 43.2. The fourth-order valence-electron chi connectivity index (χ4n) is 9.98. The first-order valence-electron chi connectivity index (χ1n) is 18.9. The number of phenolic OH excluding ortho intramolecular Hbond substituents is 1. The minimum absolute atomic E-state index is 0.109. The Bertz CT molecular complexity index is 2510. The third-order valence-electron chi connectivity index (χ3n) is 12.6. The lowest BCUT2D eigenvalue weighted by atomic mass is 9.58. The average Bonchev–Trinajstić information content (AvgIpc) is 3.41. The fourth-order valence-corrected chi connectivity index (χ4v) is 9.98. The van der Waals surface area contributed by atoms with Gasteiger partial charge in [-0.2, -0.15) is 0 Å². The number of hydrogen-bond acceptors (Lipinski definition) is 13. The zero-order chi connectivity index (χ0) is 38.0. The van der Waals surface area contributed by atoms with Crippen LogP contribution in [0.4, 0.5) is 11.6 Å². The highest BCUT2D eigenvalue weighted by Crippen LogP contribution is 2.64. The van der Waals surface area contributed by atoms with E-state index in [2.05, 4.69) is 26.1 Å². The summed E-state index contributed by atoms with van der Waals surface area (Å²) in [6, 6.07) is 10.7. The molecule has 282 valence electrons. The van der Waals surface area contributed by atoms with Crippen molar-refractivity contribution in [2.45, 2.75) is 94.7 Å². The molecule has 4 fully saturated rings. The van der Waals surface area contributed by atoms with Crippen LogP contribution in [0.25, 0.3) is 22.2 Å². The number of aromatic hydroxyl groups is 1. The van der Waals surface area contributed by atoms with Crippen LogP contribution in [0.1, 0.15) is 74.5 Å². The number of rotatable bonds is 6. The summed E-state index contributed by atoms with van der Waals surface area (Å²) in [6.07, 6.45) is 9.27. The van der Waals surface area contributed by atoms with Gasteiger partial charge >= 0.3 is 5.97 Å². The SMILES string of the molecule is Cc1cc(=O)c2c(O)c3c(cc2o1)OC(C)(C)[C@@]12CC[C@H](C[C@@H]31)C[C@]1(O[C@@H]1CCc1cc(N)nc(-c3cc(N)nc(CN4C=C5C=CN=C5C4)c3)c1)C(=O)O2. The number of carbonyl (C=O) groups excluding carboxylic acids is 1. The molecule has 13 heteroatoms. The Balaban J connectivity index is 0.886. The van der Waals surface area contributed by atoms with Gasteiger partial charge in [-0.05, 0) is 101 Å². The second-order valence-electron chi connectivity index (χ2n) is 16.5. The Morgan fingerprint density at radius 1 is 1.04 bits per heavy atom. The molecule has 5 N–H and O–H groups in total. The lowest BCUT2D eigenvalue weighted by Crippen LogP contribution is -2.66. The van der Waals surface area contributed by atoms with Gasteiger partial charge < -0.3 is 40.1 Å². The molecule has 4 aromatic rings. The van der Waals surface area contributed by atoms with Gasteiger partial charge in [0.15, 0.2) is 16.6 Å². The summed E-state index contributed by atoms with van der Waals surface area (Å²) < 4.78 is 25.4.